The number of hydrogen-bond donors (Lipinski definition) is 4. The van der Waals surface area contributed by atoms with Crippen LogP contribution in [0.25, 0.3) is 0 Å². The molecule has 0 aliphatic carbocycles. The minimum absolute atomic E-state index is 0.0316. The van der Waals surface area contributed by atoms with Gasteiger partial charge in [-0.15, -0.1) is 0 Å². The molecule has 21 heavy (non-hydrogen) atoms. The highest BCUT2D eigenvalue weighted by Crippen LogP contribution is 2.14. The van der Waals surface area contributed by atoms with E-state index in [-0.39, 0.29) is 11.6 Å². The number of hydrogen-bond acceptors (Lipinski definition) is 5. The van der Waals surface area contributed by atoms with Crippen molar-refractivity contribution in [3.8, 4) is 5.75 Å². The lowest BCUT2D eigenvalue weighted by molar-refractivity contribution is -0.155. The summed E-state index contributed by atoms with van der Waals surface area (Å²) >= 11 is 0. The summed E-state index contributed by atoms with van der Waals surface area (Å²) in [6.07, 6.45) is 0.981. The minimum Gasteiger partial charge on any atom is -0.479 e. The molecule has 10 heteroatoms. The highest BCUT2D eigenvalue weighted by molar-refractivity contribution is 5.89. The summed E-state index contributed by atoms with van der Waals surface area (Å²) in [5, 5.41) is 22.4. The van der Waals surface area contributed by atoms with Gasteiger partial charge in [0.25, 0.3) is 0 Å². The number of amides is 2. The lowest BCUT2D eigenvalue weighted by atomic mass is 10.1. The summed E-state index contributed by atoms with van der Waals surface area (Å²) in [7, 11) is 0. The van der Waals surface area contributed by atoms with Crippen LogP contribution >= 0.6 is 0 Å². The molecule has 2 amide bonds. The molecule has 1 heterocycles. The SMILES string of the molecule is CC(O)(CNC(=O)Nc1ccc(OC(F)F)cn1)C(=O)O. The lowest BCUT2D eigenvalue weighted by Gasteiger charge is -2.18. The Balaban J connectivity index is 2.50. The number of carboxylic acids is 1. The van der Waals surface area contributed by atoms with Crippen LogP contribution in [0.4, 0.5) is 19.4 Å². The molecular weight excluding hydrogens is 292 g/mol. The van der Waals surface area contributed by atoms with Gasteiger partial charge in [0, 0.05) is 0 Å². The summed E-state index contributed by atoms with van der Waals surface area (Å²) in [6, 6.07) is 1.57. The number of nitrogens with zero attached hydrogens (tertiary/aromatic N) is 1. The molecule has 0 saturated heterocycles. The maximum atomic E-state index is 11.9. The molecule has 0 fully saturated rings. The Hall–Kier alpha value is -2.49. The number of pyridine rings is 1. The van der Waals surface area contributed by atoms with E-state index in [1.54, 1.807) is 0 Å². The van der Waals surface area contributed by atoms with E-state index in [1.807, 2.05) is 0 Å². The average molecular weight is 305 g/mol. The van der Waals surface area contributed by atoms with Crippen LogP contribution in [0.2, 0.25) is 0 Å². The van der Waals surface area contributed by atoms with E-state index in [1.165, 1.54) is 12.1 Å². The Morgan fingerprint density at radius 1 is 1.48 bits per heavy atom. The zero-order valence-corrected chi connectivity index (χ0v) is 10.8. The molecule has 0 aromatic carbocycles. The predicted molar refractivity (Wildman–Crippen MR) is 66.2 cm³/mol. The second-order valence-electron chi connectivity index (χ2n) is 4.14. The molecular formula is C11H13F2N3O5. The lowest BCUT2D eigenvalue weighted by Crippen LogP contribution is -2.47. The average Bonchev–Trinajstić information content (AvgIpc) is 2.38. The van der Waals surface area contributed by atoms with E-state index in [9.17, 15) is 23.5 Å². The number of nitrogens with one attached hydrogen (secondary N) is 2. The van der Waals surface area contributed by atoms with E-state index in [2.05, 4.69) is 20.4 Å². The number of aliphatic hydroxyl groups is 1. The topological polar surface area (TPSA) is 121 Å². The van der Waals surface area contributed by atoms with Crippen molar-refractivity contribution in [3.05, 3.63) is 18.3 Å². The van der Waals surface area contributed by atoms with Crippen molar-refractivity contribution < 1.29 is 33.3 Å². The van der Waals surface area contributed by atoms with Gasteiger partial charge in [0.1, 0.15) is 11.6 Å². The zero-order chi connectivity index (χ0) is 16.0. The largest absolute Gasteiger partial charge is 0.479 e. The normalized spacial score (nSPS) is 13.4. The van der Waals surface area contributed by atoms with Crippen molar-refractivity contribution in [1.82, 2.24) is 10.3 Å². The summed E-state index contributed by atoms with van der Waals surface area (Å²) in [5.74, 6) is -1.64. The molecule has 0 spiro atoms. The van der Waals surface area contributed by atoms with Crippen LogP contribution in [0.1, 0.15) is 6.92 Å². The molecule has 4 N–H and O–H groups in total. The van der Waals surface area contributed by atoms with E-state index >= 15 is 0 Å². The van der Waals surface area contributed by atoms with Gasteiger partial charge in [-0.3, -0.25) is 5.32 Å². The monoisotopic (exact) mass is 305 g/mol. The summed E-state index contributed by atoms with van der Waals surface area (Å²) in [4.78, 5) is 25.7. The summed E-state index contributed by atoms with van der Waals surface area (Å²) in [6.45, 7) is -2.49. The van der Waals surface area contributed by atoms with Crippen LogP contribution in [0, 0.1) is 0 Å². The Morgan fingerprint density at radius 3 is 2.62 bits per heavy atom. The summed E-state index contributed by atoms with van der Waals surface area (Å²) < 4.78 is 27.9. The maximum Gasteiger partial charge on any atom is 0.387 e. The number of carboxylic acid groups (broad SMARTS) is 1. The van der Waals surface area contributed by atoms with E-state index in [0.717, 1.165) is 13.1 Å². The van der Waals surface area contributed by atoms with E-state index < -0.39 is 30.8 Å². The fourth-order valence-electron chi connectivity index (χ4n) is 1.12. The molecule has 0 radical (unpaired) electrons. The standard InChI is InChI=1S/C11H13F2N3O5/c1-11(20,8(17)18)5-15-10(19)16-7-3-2-6(4-14-7)21-9(12)13/h2-4,9,20H,5H2,1H3,(H,17,18)(H2,14,15,16,19). The zero-order valence-electron chi connectivity index (χ0n) is 10.8. The Bertz CT molecular complexity index is 507. The van der Waals surface area contributed by atoms with Crippen molar-refractivity contribution in [2.24, 2.45) is 0 Å². The Labute approximate surface area is 117 Å². The summed E-state index contributed by atoms with van der Waals surface area (Å²) in [5.41, 5.74) is -2.11. The quantitative estimate of drug-likeness (QED) is 0.612. The van der Waals surface area contributed by atoms with Gasteiger partial charge in [0.15, 0.2) is 5.60 Å². The minimum atomic E-state index is -2.98. The molecule has 0 bridgehead atoms. The number of aliphatic carboxylic acids is 1. The third kappa shape index (κ3) is 5.57. The van der Waals surface area contributed by atoms with Crippen LogP contribution in [0.3, 0.4) is 0 Å². The molecule has 8 nitrogen and oxygen atoms in total. The van der Waals surface area contributed by atoms with Gasteiger partial charge >= 0.3 is 18.6 Å². The van der Waals surface area contributed by atoms with Gasteiger partial charge in [-0.25, -0.2) is 14.6 Å². The van der Waals surface area contributed by atoms with Gasteiger partial charge in [-0.2, -0.15) is 8.78 Å². The first-order chi connectivity index (χ1) is 9.70. The Morgan fingerprint density at radius 2 is 2.14 bits per heavy atom. The number of anilines is 1. The van der Waals surface area contributed by atoms with Crippen LogP contribution in [0.5, 0.6) is 5.75 Å². The van der Waals surface area contributed by atoms with Gasteiger partial charge in [-0.1, -0.05) is 0 Å². The molecule has 1 unspecified atom stereocenters. The fourth-order valence-corrected chi connectivity index (χ4v) is 1.12. The van der Waals surface area contributed by atoms with Gasteiger partial charge in [-0.05, 0) is 19.1 Å². The van der Waals surface area contributed by atoms with Gasteiger partial charge < -0.3 is 20.3 Å². The van der Waals surface area contributed by atoms with Crippen LogP contribution < -0.4 is 15.4 Å². The number of alkyl halides is 2. The number of urea groups is 1. The highest BCUT2D eigenvalue weighted by Gasteiger charge is 2.30. The van der Waals surface area contributed by atoms with Gasteiger partial charge in [0.05, 0.1) is 12.7 Å². The second kappa shape index (κ2) is 6.79. The molecule has 0 aliphatic rings. The number of aromatic nitrogens is 1. The molecule has 116 valence electrons. The fraction of sp³-hybridized carbons (Fsp3) is 0.364. The molecule has 0 saturated carbocycles. The highest BCUT2D eigenvalue weighted by atomic mass is 19.3. The van der Waals surface area contributed by atoms with Crippen molar-refractivity contribution in [2.75, 3.05) is 11.9 Å². The Kier molecular flexibility index (Phi) is 5.36. The van der Waals surface area contributed by atoms with E-state index in [0.29, 0.717) is 0 Å². The molecule has 1 atom stereocenters. The first-order valence-corrected chi connectivity index (χ1v) is 5.62. The smallest absolute Gasteiger partial charge is 0.387 e. The van der Waals surface area contributed by atoms with Crippen molar-refractivity contribution in [3.63, 3.8) is 0 Å². The van der Waals surface area contributed by atoms with Gasteiger partial charge in [0.2, 0.25) is 0 Å². The number of ether oxygens (including phenoxy) is 1. The number of rotatable bonds is 6. The third-order valence-electron chi connectivity index (χ3n) is 2.26. The van der Waals surface area contributed by atoms with Crippen LogP contribution in [-0.4, -0.2) is 46.0 Å². The van der Waals surface area contributed by atoms with Crippen molar-refractivity contribution in [2.45, 2.75) is 19.1 Å². The molecule has 0 aliphatic heterocycles. The predicted octanol–water partition coefficient (Wildman–Crippen LogP) is 0.640. The van der Waals surface area contributed by atoms with Crippen LogP contribution in [0.15, 0.2) is 18.3 Å². The maximum absolute atomic E-state index is 11.9. The first-order valence-electron chi connectivity index (χ1n) is 5.62. The number of carbonyl (C=O) groups excluding carboxylic acids is 1. The molecule has 1 aromatic heterocycles. The number of halogens is 2. The third-order valence-corrected chi connectivity index (χ3v) is 2.26. The van der Waals surface area contributed by atoms with Crippen molar-refractivity contribution in [1.29, 1.82) is 0 Å². The molecule has 1 aromatic rings. The first kappa shape index (κ1) is 16.6. The molecule has 1 rings (SSSR count). The van der Waals surface area contributed by atoms with Crippen LogP contribution in [-0.2, 0) is 4.79 Å². The number of carbonyl (C=O) groups is 2. The second-order valence-corrected chi connectivity index (χ2v) is 4.14. The van der Waals surface area contributed by atoms with E-state index in [4.69, 9.17) is 5.11 Å². The van der Waals surface area contributed by atoms with Crippen molar-refractivity contribution >= 4 is 17.8 Å².